The minimum Gasteiger partial charge on any atom is -0.490 e. The van der Waals surface area contributed by atoms with Crippen LogP contribution in [0, 0.1) is 17.8 Å². The summed E-state index contributed by atoms with van der Waals surface area (Å²) < 4.78 is 6.41. The molecule has 1 fully saturated rings. The Hall–Kier alpha value is -1.02. The molecule has 2 nitrogen and oxygen atoms in total. The molecule has 1 aliphatic carbocycles. The Morgan fingerprint density at radius 3 is 2.50 bits per heavy atom. The molecular formula is C18H29NO. The van der Waals surface area contributed by atoms with E-state index in [1.165, 1.54) is 12.8 Å². The molecule has 0 radical (unpaired) electrons. The highest BCUT2D eigenvalue weighted by Gasteiger charge is 2.32. The van der Waals surface area contributed by atoms with Crippen molar-refractivity contribution < 1.29 is 4.74 Å². The van der Waals surface area contributed by atoms with Gasteiger partial charge in [0.1, 0.15) is 11.9 Å². The van der Waals surface area contributed by atoms with Gasteiger partial charge in [0, 0.05) is 11.6 Å². The lowest BCUT2D eigenvalue weighted by atomic mass is 9.75. The van der Waals surface area contributed by atoms with Crippen LogP contribution in [0.4, 0.5) is 0 Å². The summed E-state index contributed by atoms with van der Waals surface area (Å²) in [6.45, 7) is 8.99. The Kier molecular flexibility index (Phi) is 5.09. The van der Waals surface area contributed by atoms with Crippen LogP contribution < -0.4 is 10.5 Å². The third-order valence-electron chi connectivity index (χ3n) is 4.65. The molecule has 3 unspecified atom stereocenters. The highest BCUT2D eigenvalue weighted by molar-refractivity contribution is 5.35. The first-order valence-electron chi connectivity index (χ1n) is 8.00. The minimum atomic E-state index is 0.0183. The molecule has 0 aliphatic heterocycles. The molecule has 0 aromatic heterocycles. The third kappa shape index (κ3) is 3.54. The lowest BCUT2D eigenvalue weighted by Crippen LogP contribution is -2.36. The second-order valence-electron chi connectivity index (χ2n) is 6.81. The molecule has 2 rings (SSSR count). The molecule has 2 heteroatoms. The molecule has 20 heavy (non-hydrogen) atoms. The maximum atomic E-state index is 6.41. The Bertz CT molecular complexity index is 427. The van der Waals surface area contributed by atoms with E-state index in [-0.39, 0.29) is 6.04 Å². The first kappa shape index (κ1) is 15.4. The van der Waals surface area contributed by atoms with E-state index in [4.69, 9.17) is 10.5 Å². The highest BCUT2D eigenvalue weighted by Crippen LogP contribution is 2.37. The van der Waals surface area contributed by atoms with Crippen molar-refractivity contribution in [1.82, 2.24) is 0 Å². The van der Waals surface area contributed by atoms with Gasteiger partial charge in [0.2, 0.25) is 0 Å². The predicted molar refractivity (Wildman–Crippen MR) is 84.8 cm³/mol. The van der Waals surface area contributed by atoms with E-state index in [0.29, 0.717) is 17.9 Å². The first-order valence-corrected chi connectivity index (χ1v) is 8.00. The zero-order valence-electron chi connectivity index (χ0n) is 13.3. The van der Waals surface area contributed by atoms with Gasteiger partial charge in [0.15, 0.2) is 0 Å². The van der Waals surface area contributed by atoms with Crippen molar-refractivity contribution >= 4 is 0 Å². The Morgan fingerprint density at radius 2 is 1.85 bits per heavy atom. The van der Waals surface area contributed by atoms with E-state index in [2.05, 4.69) is 32.9 Å². The van der Waals surface area contributed by atoms with Crippen molar-refractivity contribution in [3.8, 4) is 5.75 Å². The monoisotopic (exact) mass is 275 g/mol. The molecule has 2 N–H and O–H groups in total. The molecule has 0 spiro atoms. The van der Waals surface area contributed by atoms with Crippen LogP contribution in [0.5, 0.6) is 5.75 Å². The van der Waals surface area contributed by atoms with Crippen LogP contribution in [0.15, 0.2) is 24.3 Å². The number of hydrogen-bond donors (Lipinski definition) is 1. The lowest BCUT2D eigenvalue weighted by molar-refractivity contribution is 0.0451. The summed E-state index contributed by atoms with van der Waals surface area (Å²) in [5, 5.41) is 0. The van der Waals surface area contributed by atoms with E-state index >= 15 is 0 Å². The average molecular weight is 275 g/mol. The molecular weight excluding hydrogens is 246 g/mol. The Balaban J connectivity index is 2.18. The molecule has 4 atom stereocenters. The SMILES string of the molecule is CC1CCC(C(C)C)C(Oc2ccccc2[C@@H](C)N)C1. The standard InChI is InChI=1S/C18H29NO/c1-12(2)15-10-9-13(3)11-18(15)20-17-8-6-5-7-16(17)14(4)19/h5-8,12-15,18H,9-11,19H2,1-4H3/t13?,14-,15?,18?/m1/s1. The van der Waals surface area contributed by atoms with Gasteiger partial charge in [-0.05, 0) is 43.6 Å². The molecule has 0 saturated heterocycles. The summed E-state index contributed by atoms with van der Waals surface area (Å²) >= 11 is 0. The molecule has 1 aromatic rings. The average Bonchev–Trinajstić information content (AvgIpc) is 2.38. The van der Waals surface area contributed by atoms with Crippen LogP contribution in [0.25, 0.3) is 0 Å². The number of ether oxygens (including phenoxy) is 1. The Morgan fingerprint density at radius 1 is 1.15 bits per heavy atom. The van der Waals surface area contributed by atoms with Crippen LogP contribution in [0.1, 0.15) is 58.6 Å². The zero-order chi connectivity index (χ0) is 14.7. The van der Waals surface area contributed by atoms with Gasteiger partial charge in [-0.15, -0.1) is 0 Å². The summed E-state index contributed by atoms with van der Waals surface area (Å²) in [4.78, 5) is 0. The van der Waals surface area contributed by atoms with Crippen molar-refractivity contribution in [2.24, 2.45) is 23.5 Å². The van der Waals surface area contributed by atoms with Crippen LogP contribution in [0.2, 0.25) is 0 Å². The van der Waals surface area contributed by atoms with E-state index in [0.717, 1.165) is 23.7 Å². The molecule has 1 aliphatic rings. The normalized spacial score (nSPS) is 28.4. The zero-order valence-corrected chi connectivity index (χ0v) is 13.3. The van der Waals surface area contributed by atoms with E-state index in [9.17, 15) is 0 Å². The Labute approximate surface area is 123 Å². The quantitative estimate of drug-likeness (QED) is 0.875. The molecule has 112 valence electrons. The predicted octanol–water partition coefficient (Wildman–Crippen LogP) is 4.55. The summed E-state index contributed by atoms with van der Waals surface area (Å²) in [6.07, 6.45) is 4.11. The fraction of sp³-hybridized carbons (Fsp3) is 0.667. The van der Waals surface area contributed by atoms with Gasteiger partial charge in [-0.25, -0.2) is 0 Å². The lowest BCUT2D eigenvalue weighted by Gasteiger charge is -2.37. The molecule has 1 aromatic carbocycles. The van der Waals surface area contributed by atoms with Crippen LogP contribution in [-0.2, 0) is 0 Å². The second-order valence-corrected chi connectivity index (χ2v) is 6.81. The fourth-order valence-corrected chi connectivity index (χ4v) is 3.38. The van der Waals surface area contributed by atoms with Crippen molar-refractivity contribution in [3.63, 3.8) is 0 Å². The topological polar surface area (TPSA) is 35.2 Å². The number of rotatable bonds is 4. The van der Waals surface area contributed by atoms with Gasteiger partial charge < -0.3 is 10.5 Å². The van der Waals surface area contributed by atoms with Crippen molar-refractivity contribution in [2.75, 3.05) is 0 Å². The number of hydrogen-bond acceptors (Lipinski definition) is 2. The van der Waals surface area contributed by atoms with Crippen molar-refractivity contribution in [1.29, 1.82) is 0 Å². The molecule has 0 bridgehead atoms. The first-order chi connectivity index (χ1) is 9.49. The summed E-state index contributed by atoms with van der Waals surface area (Å²) in [7, 11) is 0. The van der Waals surface area contributed by atoms with E-state index < -0.39 is 0 Å². The van der Waals surface area contributed by atoms with Gasteiger partial charge in [-0.3, -0.25) is 0 Å². The van der Waals surface area contributed by atoms with Crippen LogP contribution in [-0.4, -0.2) is 6.10 Å². The van der Waals surface area contributed by atoms with E-state index in [1.54, 1.807) is 0 Å². The van der Waals surface area contributed by atoms with Gasteiger partial charge in [0.05, 0.1) is 0 Å². The third-order valence-corrected chi connectivity index (χ3v) is 4.65. The summed E-state index contributed by atoms with van der Waals surface area (Å²) in [5.41, 5.74) is 7.18. The summed E-state index contributed by atoms with van der Waals surface area (Å²) in [5.74, 6) is 3.08. The van der Waals surface area contributed by atoms with Crippen molar-refractivity contribution in [3.05, 3.63) is 29.8 Å². The van der Waals surface area contributed by atoms with E-state index in [1.807, 2.05) is 19.1 Å². The summed E-state index contributed by atoms with van der Waals surface area (Å²) in [6, 6.07) is 8.24. The van der Waals surface area contributed by atoms with Gasteiger partial charge in [0.25, 0.3) is 0 Å². The van der Waals surface area contributed by atoms with Crippen LogP contribution >= 0.6 is 0 Å². The van der Waals surface area contributed by atoms with Crippen molar-refractivity contribution in [2.45, 2.75) is 59.1 Å². The highest BCUT2D eigenvalue weighted by atomic mass is 16.5. The maximum Gasteiger partial charge on any atom is 0.124 e. The maximum absolute atomic E-state index is 6.41. The molecule has 0 heterocycles. The second kappa shape index (κ2) is 6.62. The number of para-hydroxylation sites is 1. The molecule has 1 saturated carbocycles. The van der Waals surface area contributed by atoms with Crippen LogP contribution in [0.3, 0.4) is 0 Å². The number of nitrogens with two attached hydrogens (primary N) is 1. The smallest absolute Gasteiger partial charge is 0.124 e. The minimum absolute atomic E-state index is 0.0183. The van der Waals surface area contributed by atoms with Gasteiger partial charge in [-0.1, -0.05) is 45.4 Å². The number of benzene rings is 1. The fourth-order valence-electron chi connectivity index (χ4n) is 3.38. The van der Waals surface area contributed by atoms with Gasteiger partial charge >= 0.3 is 0 Å². The largest absolute Gasteiger partial charge is 0.490 e. The molecule has 0 amide bonds. The van der Waals surface area contributed by atoms with Gasteiger partial charge in [-0.2, -0.15) is 0 Å².